The molecule has 66 valence electrons. The Bertz CT molecular complexity index is 387. The molecule has 0 radical (unpaired) electrons. The summed E-state index contributed by atoms with van der Waals surface area (Å²) >= 11 is 13.7. The normalized spacial score (nSPS) is 10.3. The topological polar surface area (TPSA) is 0 Å². The van der Waals surface area contributed by atoms with Crippen molar-refractivity contribution < 1.29 is 0 Å². The first-order valence-corrected chi connectivity index (χ1v) is 5.45. The highest BCUT2D eigenvalue weighted by Gasteiger charge is 2.07. The molecule has 0 amide bonds. The molecule has 3 heteroatoms. The van der Waals surface area contributed by atoms with E-state index in [4.69, 9.17) is 23.2 Å². The molecule has 2 rings (SSSR count). The van der Waals surface area contributed by atoms with Gasteiger partial charge in [0.25, 0.3) is 0 Å². The van der Waals surface area contributed by atoms with Crippen LogP contribution in [0.15, 0.2) is 35.0 Å². The Morgan fingerprint density at radius 1 is 1.00 bits per heavy atom. The van der Waals surface area contributed by atoms with Crippen LogP contribution >= 0.6 is 34.5 Å². The second kappa shape index (κ2) is 3.70. The molecule has 0 spiro atoms. The molecule has 0 aliphatic heterocycles. The van der Waals surface area contributed by atoms with Gasteiger partial charge in [-0.05, 0) is 34.5 Å². The van der Waals surface area contributed by atoms with E-state index in [1.165, 1.54) is 0 Å². The lowest BCUT2D eigenvalue weighted by Crippen LogP contribution is -1.77. The van der Waals surface area contributed by atoms with Crippen LogP contribution in [-0.2, 0) is 0 Å². The Morgan fingerprint density at radius 2 is 1.69 bits per heavy atom. The minimum atomic E-state index is 0.700. The van der Waals surface area contributed by atoms with E-state index < -0.39 is 0 Å². The molecule has 0 aliphatic carbocycles. The van der Waals surface area contributed by atoms with Crippen LogP contribution in [0.25, 0.3) is 11.1 Å². The van der Waals surface area contributed by atoms with Crippen LogP contribution in [0.5, 0.6) is 0 Å². The molecule has 0 N–H and O–H groups in total. The monoisotopic (exact) mass is 228 g/mol. The minimum Gasteiger partial charge on any atom is -0.152 e. The lowest BCUT2D eigenvalue weighted by molar-refractivity contribution is 1.67. The van der Waals surface area contributed by atoms with Crippen molar-refractivity contribution in [3.05, 3.63) is 45.1 Å². The van der Waals surface area contributed by atoms with Gasteiger partial charge in [-0.15, -0.1) is 0 Å². The van der Waals surface area contributed by atoms with Gasteiger partial charge in [-0.2, -0.15) is 11.3 Å². The van der Waals surface area contributed by atoms with Crippen LogP contribution in [-0.4, -0.2) is 0 Å². The second-order valence-electron chi connectivity index (χ2n) is 2.61. The van der Waals surface area contributed by atoms with Gasteiger partial charge in [0.15, 0.2) is 0 Å². The summed E-state index contributed by atoms with van der Waals surface area (Å²) in [6.45, 7) is 0. The van der Waals surface area contributed by atoms with Crippen LogP contribution < -0.4 is 0 Å². The quantitative estimate of drug-likeness (QED) is 0.663. The molecular formula is C10H6Cl2S. The van der Waals surface area contributed by atoms with Crippen LogP contribution in [0.2, 0.25) is 10.0 Å². The van der Waals surface area contributed by atoms with Crippen molar-refractivity contribution in [3.63, 3.8) is 0 Å². The number of thiophene rings is 1. The zero-order chi connectivity index (χ0) is 9.26. The third-order valence-electron chi connectivity index (χ3n) is 1.77. The van der Waals surface area contributed by atoms with Crippen molar-refractivity contribution in [2.24, 2.45) is 0 Å². The van der Waals surface area contributed by atoms with E-state index in [1.807, 2.05) is 35.0 Å². The fraction of sp³-hybridized carbons (Fsp3) is 0. The highest BCUT2D eigenvalue weighted by Crippen LogP contribution is 2.35. The smallest absolute Gasteiger partial charge is 0.0499 e. The summed E-state index contributed by atoms with van der Waals surface area (Å²) < 4.78 is 0. The first-order chi connectivity index (χ1) is 6.29. The summed E-state index contributed by atoms with van der Waals surface area (Å²) in [6, 6.07) is 7.55. The Balaban J connectivity index is 2.64. The lowest BCUT2D eigenvalue weighted by atomic mass is 10.1. The second-order valence-corrected chi connectivity index (χ2v) is 4.20. The predicted octanol–water partition coefficient (Wildman–Crippen LogP) is 4.72. The molecule has 2 aromatic rings. The Kier molecular flexibility index (Phi) is 2.58. The van der Waals surface area contributed by atoms with Gasteiger partial charge in [-0.3, -0.25) is 0 Å². The molecule has 1 aromatic carbocycles. The van der Waals surface area contributed by atoms with E-state index in [2.05, 4.69) is 0 Å². The van der Waals surface area contributed by atoms with Gasteiger partial charge in [0.2, 0.25) is 0 Å². The van der Waals surface area contributed by atoms with Crippen LogP contribution in [0, 0.1) is 0 Å². The Labute approximate surface area is 90.7 Å². The zero-order valence-corrected chi connectivity index (χ0v) is 8.96. The molecule has 0 bridgehead atoms. The van der Waals surface area contributed by atoms with Gasteiger partial charge in [0.1, 0.15) is 0 Å². The molecule has 1 aromatic heterocycles. The van der Waals surface area contributed by atoms with Gasteiger partial charge in [0, 0.05) is 15.6 Å². The van der Waals surface area contributed by atoms with E-state index in [-0.39, 0.29) is 0 Å². The average molecular weight is 229 g/mol. The van der Waals surface area contributed by atoms with Crippen molar-refractivity contribution in [3.8, 4) is 11.1 Å². The molecule has 0 saturated heterocycles. The summed E-state index contributed by atoms with van der Waals surface area (Å²) in [6.07, 6.45) is 0. The largest absolute Gasteiger partial charge is 0.152 e. The van der Waals surface area contributed by atoms with Crippen molar-refractivity contribution in [2.75, 3.05) is 0 Å². The van der Waals surface area contributed by atoms with E-state index in [9.17, 15) is 0 Å². The fourth-order valence-electron chi connectivity index (χ4n) is 1.18. The van der Waals surface area contributed by atoms with Crippen molar-refractivity contribution in [1.29, 1.82) is 0 Å². The van der Waals surface area contributed by atoms with E-state index >= 15 is 0 Å². The van der Waals surface area contributed by atoms with Crippen LogP contribution in [0.4, 0.5) is 0 Å². The van der Waals surface area contributed by atoms with Crippen molar-refractivity contribution >= 4 is 34.5 Å². The maximum absolute atomic E-state index is 6.04. The fourth-order valence-corrected chi connectivity index (χ4v) is 2.44. The first-order valence-electron chi connectivity index (χ1n) is 3.75. The Morgan fingerprint density at radius 3 is 2.23 bits per heavy atom. The summed E-state index contributed by atoms with van der Waals surface area (Å²) in [7, 11) is 0. The molecule has 0 aliphatic rings. The highest BCUT2D eigenvalue weighted by molar-refractivity contribution is 7.08. The molecule has 0 fully saturated rings. The van der Waals surface area contributed by atoms with E-state index in [0.717, 1.165) is 11.1 Å². The summed E-state index contributed by atoms with van der Waals surface area (Å²) in [5, 5.41) is 5.44. The van der Waals surface area contributed by atoms with Gasteiger partial charge < -0.3 is 0 Å². The van der Waals surface area contributed by atoms with Gasteiger partial charge in [0.05, 0.1) is 0 Å². The lowest BCUT2D eigenvalue weighted by Gasteiger charge is -2.03. The summed E-state index contributed by atoms with van der Waals surface area (Å²) in [4.78, 5) is 0. The van der Waals surface area contributed by atoms with Gasteiger partial charge >= 0.3 is 0 Å². The number of hydrogen-bond donors (Lipinski definition) is 0. The number of hydrogen-bond acceptors (Lipinski definition) is 1. The molecular weight excluding hydrogens is 223 g/mol. The molecule has 1 heterocycles. The standard InChI is InChI=1S/C10H6Cl2S/c11-8-2-1-3-9(12)10(8)7-4-5-13-6-7/h1-6H. The SMILES string of the molecule is Clc1cccc(Cl)c1-c1ccsc1. The third kappa shape index (κ3) is 1.73. The number of rotatable bonds is 1. The van der Waals surface area contributed by atoms with Crippen LogP contribution in [0.1, 0.15) is 0 Å². The Hall–Kier alpha value is -0.500. The van der Waals surface area contributed by atoms with Crippen molar-refractivity contribution in [2.45, 2.75) is 0 Å². The molecule has 13 heavy (non-hydrogen) atoms. The zero-order valence-electron chi connectivity index (χ0n) is 6.63. The van der Waals surface area contributed by atoms with Crippen LogP contribution in [0.3, 0.4) is 0 Å². The molecule has 0 saturated carbocycles. The van der Waals surface area contributed by atoms with E-state index in [0.29, 0.717) is 10.0 Å². The maximum atomic E-state index is 6.04. The van der Waals surface area contributed by atoms with E-state index in [1.54, 1.807) is 11.3 Å². The molecule has 0 unspecified atom stereocenters. The average Bonchev–Trinajstić information content (AvgIpc) is 2.57. The maximum Gasteiger partial charge on any atom is 0.0499 e. The molecule has 0 atom stereocenters. The van der Waals surface area contributed by atoms with Crippen molar-refractivity contribution in [1.82, 2.24) is 0 Å². The summed E-state index contributed by atoms with van der Waals surface area (Å²) in [5.74, 6) is 0. The number of halogens is 2. The summed E-state index contributed by atoms with van der Waals surface area (Å²) in [5.41, 5.74) is 2.01. The predicted molar refractivity (Wildman–Crippen MR) is 59.8 cm³/mol. The highest BCUT2D eigenvalue weighted by atomic mass is 35.5. The molecule has 0 nitrogen and oxygen atoms in total. The van der Waals surface area contributed by atoms with Gasteiger partial charge in [-0.25, -0.2) is 0 Å². The number of benzene rings is 1. The van der Waals surface area contributed by atoms with Gasteiger partial charge in [-0.1, -0.05) is 29.3 Å². The first kappa shape index (κ1) is 9.07. The third-order valence-corrected chi connectivity index (χ3v) is 3.09. The minimum absolute atomic E-state index is 0.700.